The SMILES string of the molecule is COc1ccccc1-c1ccc2ccc(N=C(C)N)cc2n1. The second-order valence-electron chi connectivity index (χ2n) is 5.03. The van der Waals surface area contributed by atoms with Gasteiger partial charge in [0.2, 0.25) is 0 Å². The summed E-state index contributed by atoms with van der Waals surface area (Å²) in [5.41, 5.74) is 9.16. The molecule has 110 valence electrons. The molecule has 0 saturated heterocycles. The predicted octanol–water partition coefficient (Wildman–Crippen LogP) is 3.92. The highest BCUT2D eigenvalue weighted by Gasteiger charge is 2.07. The lowest BCUT2D eigenvalue weighted by Crippen LogP contribution is -2.03. The predicted molar refractivity (Wildman–Crippen MR) is 90.7 cm³/mol. The van der Waals surface area contributed by atoms with E-state index >= 15 is 0 Å². The molecule has 0 radical (unpaired) electrons. The fourth-order valence-corrected chi connectivity index (χ4v) is 2.39. The van der Waals surface area contributed by atoms with Crippen LogP contribution in [0.4, 0.5) is 5.69 Å². The van der Waals surface area contributed by atoms with E-state index in [4.69, 9.17) is 15.5 Å². The van der Waals surface area contributed by atoms with Crippen LogP contribution in [0.25, 0.3) is 22.2 Å². The van der Waals surface area contributed by atoms with Crippen LogP contribution in [0, 0.1) is 0 Å². The Balaban J connectivity index is 2.14. The number of hydrogen-bond acceptors (Lipinski definition) is 3. The van der Waals surface area contributed by atoms with E-state index in [0.29, 0.717) is 5.84 Å². The van der Waals surface area contributed by atoms with Gasteiger partial charge in [-0.25, -0.2) is 9.98 Å². The van der Waals surface area contributed by atoms with Crippen molar-refractivity contribution in [3.8, 4) is 17.0 Å². The highest BCUT2D eigenvalue weighted by atomic mass is 16.5. The molecule has 0 spiro atoms. The van der Waals surface area contributed by atoms with E-state index in [1.165, 1.54) is 0 Å². The number of aliphatic imine (C=N–C) groups is 1. The van der Waals surface area contributed by atoms with E-state index in [-0.39, 0.29) is 0 Å². The molecule has 0 aliphatic heterocycles. The first-order valence-electron chi connectivity index (χ1n) is 7.02. The maximum absolute atomic E-state index is 5.64. The number of fused-ring (bicyclic) bond motifs is 1. The number of nitrogens with zero attached hydrogens (tertiary/aromatic N) is 2. The monoisotopic (exact) mass is 291 g/mol. The Bertz CT molecular complexity index is 852. The molecule has 0 fully saturated rings. The van der Waals surface area contributed by atoms with Gasteiger partial charge in [0, 0.05) is 10.9 Å². The summed E-state index contributed by atoms with van der Waals surface area (Å²) in [4.78, 5) is 9.01. The van der Waals surface area contributed by atoms with Crippen molar-refractivity contribution >= 4 is 22.4 Å². The van der Waals surface area contributed by atoms with Gasteiger partial charge in [-0.15, -0.1) is 0 Å². The number of nitrogens with two attached hydrogens (primary N) is 1. The number of pyridine rings is 1. The van der Waals surface area contributed by atoms with E-state index < -0.39 is 0 Å². The van der Waals surface area contributed by atoms with Crippen molar-refractivity contribution in [1.82, 2.24) is 4.98 Å². The lowest BCUT2D eigenvalue weighted by atomic mass is 10.1. The Kier molecular flexibility index (Phi) is 3.74. The fourth-order valence-electron chi connectivity index (χ4n) is 2.39. The highest BCUT2D eigenvalue weighted by Crippen LogP contribution is 2.30. The van der Waals surface area contributed by atoms with Gasteiger partial charge < -0.3 is 10.5 Å². The summed E-state index contributed by atoms with van der Waals surface area (Å²) in [5, 5.41) is 1.06. The second kappa shape index (κ2) is 5.85. The minimum Gasteiger partial charge on any atom is -0.496 e. The first-order valence-corrected chi connectivity index (χ1v) is 7.02. The molecule has 4 nitrogen and oxygen atoms in total. The zero-order valence-electron chi connectivity index (χ0n) is 12.6. The van der Waals surface area contributed by atoms with Gasteiger partial charge in [-0.1, -0.05) is 24.3 Å². The summed E-state index contributed by atoms with van der Waals surface area (Å²) in [7, 11) is 1.66. The van der Waals surface area contributed by atoms with Gasteiger partial charge in [0.05, 0.1) is 29.8 Å². The number of aromatic nitrogens is 1. The number of amidine groups is 1. The summed E-state index contributed by atoms with van der Waals surface area (Å²) in [6, 6.07) is 17.8. The van der Waals surface area contributed by atoms with Crippen LogP contribution in [-0.2, 0) is 0 Å². The Morgan fingerprint density at radius 1 is 1.09 bits per heavy atom. The molecule has 3 rings (SSSR count). The van der Waals surface area contributed by atoms with Gasteiger partial charge in [0.1, 0.15) is 5.75 Å². The zero-order chi connectivity index (χ0) is 15.5. The maximum atomic E-state index is 5.64. The quantitative estimate of drug-likeness (QED) is 0.587. The summed E-state index contributed by atoms with van der Waals surface area (Å²) in [5.74, 6) is 1.33. The van der Waals surface area contributed by atoms with Gasteiger partial charge in [0.15, 0.2) is 0 Å². The molecule has 1 heterocycles. The largest absolute Gasteiger partial charge is 0.496 e. The minimum absolute atomic E-state index is 0.528. The molecular formula is C18H17N3O. The van der Waals surface area contributed by atoms with Crippen LogP contribution in [0.5, 0.6) is 5.75 Å². The molecule has 2 N–H and O–H groups in total. The second-order valence-corrected chi connectivity index (χ2v) is 5.03. The lowest BCUT2D eigenvalue weighted by Gasteiger charge is -2.08. The molecule has 3 aromatic rings. The normalized spacial score (nSPS) is 11.6. The molecule has 2 aromatic carbocycles. The summed E-state index contributed by atoms with van der Waals surface area (Å²) >= 11 is 0. The molecule has 0 amide bonds. The molecule has 0 unspecified atom stereocenters. The van der Waals surface area contributed by atoms with Crippen molar-refractivity contribution in [2.24, 2.45) is 10.7 Å². The fraction of sp³-hybridized carbons (Fsp3) is 0.111. The van der Waals surface area contributed by atoms with Gasteiger partial charge in [-0.05, 0) is 37.3 Å². The lowest BCUT2D eigenvalue weighted by molar-refractivity contribution is 0.416. The third-order valence-corrected chi connectivity index (χ3v) is 3.36. The van der Waals surface area contributed by atoms with Gasteiger partial charge >= 0.3 is 0 Å². The Morgan fingerprint density at radius 2 is 1.86 bits per heavy atom. The molecule has 1 aromatic heterocycles. The van der Waals surface area contributed by atoms with Crippen LogP contribution < -0.4 is 10.5 Å². The molecule has 0 saturated carbocycles. The molecule has 0 atom stereocenters. The highest BCUT2D eigenvalue weighted by molar-refractivity contribution is 5.87. The van der Waals surface area contributed by atoms with Crippen LogP contribution in [0.2, 0.25) is 0 Å². The van der Waals surface area contributed by atoms with Gasteiger partial charge in [0.25, 0.3) is 0 Å². The molecule has 0 aliphatic rings. The number of hydrogen-bond donors (Lipinski definition) is 1. The van der Waals surface area contributed by atoms with E-state index in [1.54, 1.807) is 14.0 Å². The number of ether oxygens (including phenoxy) is 1. The zero-order valence-corrected chi connectivity index (χ0v) is 12.6. The Morgan fingerprint density at radius 3 is 2.64 bits per heavy atom. The van der Waals surface area contributed by atoms with Gasteiger partial charge in [-0.2, -0.15) is 0 Å². The molecular weight excluding hydrogens is 274 g/mol. The molecule has 4 heteroatoms. The Hall–Kier alpha value is -2.88. The topological polar surface area (TPSA) is 60.5 Å². The standard InChI is InChI=1S/C18H17N3O/c1-12(19)20-14-9-7-13-8-10-16(21-17(13)11-14)15-5-3-4-6-18(15)22-2/h3-11H,1-2H3,(H2,19,20). The molecule has 22 heavy (non-hydrogen) atoms. The van der Waals surface area contributed by atoms with Crippen molar-refractivity contribution in [2.45, 2.75) is 6.92 Å². The Labute approximate surface area is 129 Å². The van der Waals surface area contributed by atoms with Crippen LogP contribution in [-0.4, -0.2) is 17.9 Å². The number of methoxy groups -OCH3 is 1. The molecule has 0 bridgehead atoms. The maximum Gasteiger partial charge on any atom is 0.128 e. The van der Waals surface area contributed by atoms with Crippen LogP contribution in [0.15, 0.2) is 59.6 Å². The van der Waals surface area contributed by atoms with Crippen molar-refractivity contribution in [2.75, 3.05) is 7.11 Å². The summed E-state index contributed by atoms with van der Waals surface area (Å²) < 4.78 is 5.41. The van der Waals surface area contributed by atoms with Crippen molar-refractivity contribution < 1.29 is 4.74 Å². The van der Waals surface area contributed by atoms with Crippen LogP contribution in [0.3, 0.4) is 0 Å². The van der Waals surface area contributed by atoms with Crippen LogP contribution in [0.1, 0.15) is 6.92 Å². The van der Waals surface area contributed by atoms with Crippen molar-refractivity contribution in [1.29, 1.82) is 0 Å². The van der Waals surface area contributed by atoms with E-state index in [9.17, 15) is 0 Å². The molecule has 0 aliphatic carbocycles. The van der Waals surface area contributed by atoms with E-state index in [1.807, 2.05) is 54.6 Å². The van der Waals surface area contributed by atoms with E-state index in [2.05, 4.69) is 4.99 Å². The third kappa shape index (κ3) is 2.76. The number of rotatable bonds is 3. The number of para-hydroxylation sites is 1. The minimum atomic E-state index is 0.528. The van der Waals surface area contributed by atoms with Crippen molar-refractivity contribution in [3.63, 3.8) is 0 Å². The first-order chi connectivity index (χ1) is 10.7. The van der Waals surface area contributed by atoms with E-state index in [0.717, 1.165) is 33.6 Å². The average molecular weight is 291 g/mol. The number of benzene rings is 2. The van der Waals surface area contributed by atoms with Crippen LogP contribution >= 0.6 is 0 Å². The summed E-state index contributed by atoms with van der Waals surface area (Å²) in [6.45, 7) is 1.77. The van der Waals surface area contributed by atoms with Crippen molar-refractivity contribution in [3.05, 3.63) is 54.6 Å². The average Bonchev–Trinajstić information content (AvgIpc) is 2.53. The van der Waals surface area contributed by atoms with Gasteiger partial charge in [-0.3, -0.25) is 0 Å². The first kappa shape index (κ1) is 14.1. The summed E-state index contributed by atoms with van der Waals surface area (Å²) in [6.07, 6.45) is 0. The third-order valence-electron chi connectivity index (χ3n) is 3.36. The smallest absolute Gasteiger partial charge is 0.128 e.